The first-order chi connectivity index (χ1) is 11.5. The topological polar surface area (TPSA) is 63.2 Å². The summed E-state index contributed by atoms with van der Waals surface area (Å²) in [5.74, 6) is 0.466. The van der Waals surface area contributed by atoms with E-state index in [0.717, 1.165) is 42.6 Å². The number of benzene rings is 1. The van der Waals surface area contributed by atoms with Crippen LogP contribution < -0.4 is 0 Å². The fourth-order valence-electron chi connectivity index (χ4n) is 3.20. The third-order valence-electron chi connectivity index (χ3n) is 4.56. The summed E-state index contributed by atoms with van der Waals surface area (Å²) in [6.45, 7) is 1.24. The molecule has 5 nitrogen and oxygen atoms in total. The lowest BCUT2D eigenvalue weighted by molar-refractivity contribution is 0.412. The molecule has 0 amide bonds. The number of sulfonamides is 1. The van der Waals surface area contributed by atoms with E-state index in [2.05, 4.69) is 10.2 Å². The zero-order valence-electron chi connectivity index (χ0n) is 13.9. The number of hydrogen-bond acceptors (Lipinski definition) is 4. The predicted octanol–water partition coefficient (Wildman–Crippen LogP) is 2.75. The Morgan fingerprint density at radius 3 is 2.50 bits per heavy atom. The van der Waals surface area contributed by atoms with Crippen molar-refractivity contribution in [3.63, 3.8) is 0 Å². The van der Waals surface area contributed by atoms with E-state index in [1.807, 2.05) is 42.5 Å². The van der Waals surface area contributed by atoms with Crippen molar-refractivity contribution in [3.8, 4) is 11.3 Å². The first-order valence-electron chi connectivity index (χ1n) is 8.35. The van der Waals surface area contributed by atoms with Gasteiger partial charge in [0.15, 0.2) is 0 Å². The summed E-state index contributed by atoms with van der Waals surface area (Å²) in [7, 11) is -3.08. The van der Waals surface area contributed by atoms with Crippen molar-refractivity contribution in [2.75, 3.05) is 19.3 Å². The Hall–Kier alpha value is -1.79. The van der Waals surface area contributed by atoms with Crippen LogP contribution in [0, 0.1) is 5.92 Å². The first-order valence-corrected chi connectivity index (χ1v) is 10.2. The molecule has 0 N–H and O–H groups in total. The van der Waals surface area contributed by atoms with Gasteiger partial charge in [0.2, 0.25) is 10.0 Å². The zero-order chi connectivity index (χ0) is 17.0. The summed E-state index contributed by atoms with van der Waals surface area (Å²) in [5.41, 5.74) is 2.92. The zero-order valence-corrected chi connectivity index (χ0v) is 14.7. The minimum Gasteiger partial charge on any atom is -0.213 e. The van der Waals surface area contributed by atoms with Gasteiger partial charge >= 0.3 is 0 Å². The second-order valence-electron chi connectivity index (χ2n) is 6.44. The highest BCUT2D eigenvalue weighted by molar-refractivity contribution is 7.88. The number of hydrogen-bond donors (Lipinski definition) is 0. The second-order valence-corrected chi connectivity index (χ2v) is 8.42. The average Bonchev–Trinajstić information content (AvgIpc) is 2.82. The summed E-state index contributed by atoms with van der Waals surface area (Å²) in [6.07, 6.45) is 4.98. The predicted molar refractivity (Wildman–Crippen MR) is 94.9 cm³/mol. The van der Waals surface area contributed by atoms with Crippen LogP contribution in [0.5, 0.6) is 0 Å². The normalized spacial score (nSPS) is 19.8. The van der Waals surface area contributed by atoms with Gasteiger partial charge in [-0.25, -0.2) is 12.7 Å². The highest BCUT2D eigenvalue weighted by atomic mass is 32.2. The Labute approximate surface area is 143 Å². The van der Waals surface area contributed by atoms with Gasteiger partial charge in [-0.15, -0.1) is 0 Å². The van der Waals surface area contributed by atoms with Crippen LogP contribution in [-0.4, -0.2) is 42.3 Å². The molecule has 0 bridgehead atoms. The molecule has 6 heteroatoms. The Bertz CT molecular complexity index is 761. The standard InChI is InChI=1S/C18H23N3O2S/c1-24(22,23)21-12-5-6-15(11-13-21)14-17-9-10-18(20-19-17)16-7-3-2-4-8-16/h2-4,7-10,15H,5-6,11-14H2,1H3. The van der Waals surface area contributed by atoms with Gasteiger partial charge in [0, 0.05) is 18.7 Å². The molecule has 1 aromatic carbocycles. The molecule has 128 valence electrons. The lowest BCUT2D eigenvalue weighted by Crippen LogP contribution is -2.30. The molecule has 1 unspecified atom stereocenters. The maximum Gasteiger partial charge on any atom is 0.211 e. The minimum absolute atomic E-state index is 0.466. The maximum atomic E-state index is 11.7. The molecule has 1 aromatic heterocycles. The van der Waals surface area contributed by atoms with Crippen molar-refractivity contribution in [1.82, 2.24) is 14.5 Å². The minimum atomic E-state index is -3.08. The van der Waals surface area contributed by atoms with Crippen LogP contribution in [0.3, 0.4) is 0 Å². The molecule has 1 saturated heterocycles. The molecule has 0 aliphatic carbocycles. The molecule has 24 heavy (non-hydrogen) atoms. The molecule has 3 rings (SSSR count). The lowest BCUT2D eigenvalue weighted by Gasteiger charge is -2.17. The third kappa shape index (κ3) is 4.39. The Morgan fingerprint density at radius 2 is 1.83 bits per heavy atom. The van der Waals surface area contributed by atoms with E-state index in [9.17, 15) is 8.42 Å². The monoisotopic (exact) mass is 345 g/mol. The molecule has 1 aliphatic rings. The van der Waals surface area contributed by atoms with Crippen LogP contribution in [0.15, 0.2) is 42.5 Å². The number of nitrogens with zero attached hydrogens (tertiary/aromatic N) is 3. The molecular formula is C18H23N3O2S. The molecule has 2 heterocycles. The van der Waals surface area contributed by atoms with Gasteiger partial charge in [-0.2, -0.15) is 10.2 Å². The molecule has 0 radical (unpaired) electrons. The summed E-state index contributed by atoms with van der Waals surface area (Å²) >= 11 is 0. The van der Waals surface area contributed by atoms with E-state index >= 15 is 0 Å². The van der Waals surface area contributed by atoms with Crippen molar-refractivity contribution in [2.45, 2.75) is 25.7 Å². The third-order valence-corrected chi connectivity index (χ3v) is 5.87. The fraction of sp³-hybridized carbons (Fsp3) is 0.444. The van der Waals surface area contributed by atoms with Crippen LogP contribution in [-0.2, 0) is 16.4 Å². The quantitative estimate of drug-likeness (QED) is 0.855. The molecule has 1 fully saturated rings. The smallest absolute Gasteiger partial charge is 0.211 e. The molecule has 1 atom stereocenters. The van der Waals surface area contributed by atoms with E-state index < -0.39 is 10.0 Å². The summed E-state index contributed by atoms with van der Waals surface area (Å²) < 4.78 is 25.0. The fourth-order valence-corrected chi connectivity index (χ4v) is 4.10. The average molecular weight is 345 g/mol. The summed E-state index contributed by atoms with van der Waals surface area (Å²) in [6, 6.07) is 14.1. The first kappa shape index (κ1) is 17.0. The van der Waals surface area contributed by atoms with Gasteiger partial charge in [-0.1, -0.05) is 30.3 Å². The molecule has 0 spiro atoms. The number of aromatic nitrogens is 2. The molecule has 2 aromatic rings. The highest BCUT2D eigenvalue weighted by Gasteiger charge is 2.23. The van der Waals surface area contributed by atoms with Gasteiger partial charge in [-0.3, -0.25) is 0 Å². The van der Waals surface area contributed by atoms with Crippen LogP contribution in [0.25, 0.3) is 11.3 Å². The van der Waals surface area contributed by atoms with E-state index in [0.29, 0.717) is 19.0 Å². The van der Waals surface area contributed by atoms with Crippen molar-refractivity contribution in [3.05, 3.63) is 48.2 Å². The van der Waals surface area contributed by atoms with Crippen LogP contribution in [0.4, 0.5) is 0 Å². The van der Waals surface area contributed by atoms with Crippen molar-refractivity contribution < 1.29 is 8.42 Å². The highest BCUT2D eigenvalue weighted by Crippen LogP contribution is 2.23. The summed E-state index contributed by atoms with van der Waals surface area (Å²) in [5, 5.41) is 8.70. The maximum absolute atomic E-state index is 11.7. The van der Waals surface area contributed by atoms with Crippen molar-refractivity contribution in [1.29, 1.82) is 0 Å². The summed E-state index contributed by atoms with van der Waals surface area (Å²) in [4.78, 5) is 0. The SMILES string of the molecule is CS(=O)(=O)N1CCCC(Cc2ccc(-c3ccccc3)nn2)CC1. The van der Waals surface area contributed by atoms with Gasteiger partial charge in [0.05, 0.1) is 17.6 Å². The Morgan fingerprint density at radius 1 is 1.04 bits per heavy atom. The van der Waals surface area contributed by atoms with Gasteiger partial charge in [0.25, 0.3) is 0 Å². The lowest BCUT2D eigenvalue weighted by atomic mass is 9.95. The van der Waals surface area contributed by atoms with Crippen molar-refractivity contribution in [2.24, 2.45) is 5.92 Å². The van der Waals surface area contributed by atoms with Gasteiger partial charge in [0.1, 0.15) is 0 Å². The van der Waals surface area contributed by atoms with E-state index in [-0.39, 0.29) is 0 Å². The molecule has 0 saturated carbocycles. The van der Waals surface area contributed by atoms with E-state index in [1.165, 1.54) is 6.26 Å². The van der Waals surface area contributed by atoms with Gasteiger partial charge < -0.3 is 0 Å². The second kappa shape index (κ2) is 7.40. The van der Waals surface area contributed by atoms with Crippen LogP contribution in [0.1, 0.15) is 25.0 Å². The van der Waals surface area contributed by atoms with Crippen LogP contribution in [0.2, 0.25) is 0 Å². The number of rotatable bonds is 4. The van der Waals surface area contributed by atoms with Gasteiger partial charge in [-0.05, 0) is 43.7 Å². The largest absolute Gasteiger partial charge is 0.213 e. The molecule has 1 aliphatic heterocycles. The Balaban J connectivity index is 1.62. The van der Waals surface area contributed by atoms with Crippen molar-refractivity contribution >= 4 is 10.0 Å². The van der Waals surface area contributed by atoms with E-state index in [1.54, 1.807) is 4.31 Å². The van der Waals surface area contributed by atoms with E-state index in [4.69, 9.17) is 0 Å². The molecular weight excluding hydrogens is 322 g/mol. The van der Waals surface area contributed by atoms with Crippen LogP contribution >= 0.6 is 0 Å². The Kier molecular flexibility index (Phi) is 5.26.